The Morgan fingerprint density at radius 2 is 1.11 bits per heavy atom. The van der Waals surface area contributed by atoms with Crippen LogP contribution < -0.4 is 26.2 Å². The van der Waals surface area contributed by atoms with E-state index in [2.05, 4.69) is 56.1 Å². The maximum atomic E-state index is 13.9. The second-order valence-electron chi connectivity index (χ2n) is 21.9. The highest BCUT2D eigenvalue weighted by molar-refractivity contribution is 7.13. The van der Waals surface area contributed by atoms with Gasteiger partial charge < -0.3 is 35.2 Å². The highest BCUT2D eigenvalue weighted by Gasteiger charge is 2.32. The number of hydrogen-bond donors (Lipinski definition) is 3. The van der Waals surface area contributed by atoms with Crippen LogP contribution >= 0.6 is 22.7 Å². The van der Waals surface area contributed by atoms with Gasteiger partial charge in [-0.1, -0.05) is 24.3 Å². The van der Waals surface area contributed by atoms with Crippen molar-refractivity contribution in [3.63, 3.8) is 0 Å². The van der Waals surface area contributed by atoms with Crippen LogP contribution in [0.4, 0.5) is 32.3 Å². The van der Waals surface area contributed by atoms with Crippen LogP contribution in [-0.2, 0) is 22.3 Å². The van der Waals surface area contributed by atoms with Crippen molar-refractivity contribution in [3.05, 3.63) is 141 Å². The van der Waals surface area contributed by atoms with Crippen LogP contribution in [-0.4, -0.2) is 92.2 Å². The molecule has 4 aliphatic rings. The van der Waals surface area contributed by atoms with E-state index in [1.54, 1.807) is 27.6 Å². The van der Waals surface area contributed by atoms with Crippen LogP contribution in [0.25, 0.3) is 20.9 Å². The predicted molar refractivity (Wildman–Crippen MR) is 302 cm³/mol. The number of rotatable bonds is 13. The number of ketones is 2. The molecule has 2 saturated heterocycles. The molecule has 10 rings (SSSR count). The summed E-state index contributed by atoms with van der Waals surface area (Å²) in [5.41, 5.74) is 16.3. The Kier molecular flexibility index (Phi) is 16.0. The van der Waals surface area contributed by atoms with Crippen molar-refractivity contribution in [2.24, 2.45) is 0 Å². The van der Waals surface area contributed by atoms with Crippen molar-refractivity contribution in [1.29, 1.82) is 0 Å². The van der Waals surface area contributed by atoms with Gasteiger partial charge in [0.2, 0.25) is 0 Å². The molecule has 0 atom stereocenters. The van der Waals surface area contributed by atoms with E-state index in [9.17, 15) is 19.2 Å². The molecule has 4 aromatic carbocycles. The zero-order valence-corrected chi connectivity index (χ0v) is 45.3. The molecule has 0 unspecified atom stereocenters. The van der Waals surface area contributed by atoms with E-state index in [0.29, 0.717) is 55.8 Å². The number of hydrogen-bond acceptors (Lipinski definition) is 12. The quantitative estimate of drug-likeness (QED) is 0.0754. The van der Waals surface area contributed by atoms with Gasteiger partial charge in [-0.2, -0.15) is 0 Å². The van der Waals surface area contributed by atoms with Crippen molar-refractivity contribution < 1.29 is 28.7 Å². The zero-order valence-electron chi connectivity index (χ0n) is 43.6. The summed E-state index contributed by atoms with van der Waals surface area (Å²) < 4.78 is 11.0. The Hall–Kier alpha value is -6.48. The van der Waals surface area contributed by atoms with Gasteiger partial charge in [-0.05, 0) is 196 Å². The SMILES string of the molecule is CC(C)(C)OC(=O)Nc1ccc(-c2cccs2)cc1CC(=O)c1ccc(N2CCN(C(=O)OC(C)(C)C)CC2)cc1C1CC1.Nc1ccc(-c2cccs2)cc1CC(=O)c1ccc(N2CCNCC2)cc1C1CC1. The number of anilines is 4. The third kappa shape index (κ3) is 13.6. The summed E-state index contributed by atoms with van der Waals surface area (Å²) in [7, 11) is 0. The summed E-state index contributed by atoms with van der Waals surface area (Å²) in [6.07, 6.45) is 4.16. The minimum absolute atomic E-state index is 0.0174. The number of thiophene rings is 2. The number of nitrogens with one attached hydrogen (secondary N) is 2. The summed E-state index contributed by atoms with van der Waals surface area (Å²) in [4.78, 5) is 61.2. The highest BCUT2D eigenvalue weighted by Crippen LogP contribution is 2.45. The fourth-order valence-corrected chi connectivity index (χ4v) is 11.1. The van der Waals surface area contributed by atoms with E-state index in [0.717, 1.165) is 88.5 Å². The van der Waals surface area contributed by atoms with Crippen LogP contribution in [0.3, 0.4) is 0 Å². The number of carbonyl (C=O) groups excluding carboxylic acids is 4. The molecule has 14 heteroatoms. The minimum atomic E-state index is -0.639. The molecule has 2 aliphatic carbocycles. The van der Waals surface area contributed by atoms with E-state index in [4.69, 9.17) is 15.2 Å². The van der Waals surface area contributed by atoms with Gasteiger partial charge in [0.25, 0.3) is 0 Å². The molecule has 2 aliphatic heterocycles. The number of piperazine rings is 2. The van der Waals surface area contributed by atoms with Crippen molar-refractivity contribution in [3.8, 4) is 20.9 Å². The Bertz CT molecular complexity index is 2950. The van der Waals surface area contributed by atoms with Gasteiger partial charge in [-0.3, -0.25) is 14.9 Å². The summed E-state index contributed by atoms with van der Waals surface area (Å²) in [6.45, 7) is 17.7. The summed E-state index contributed by atoms with van der Waals surface area (Å²) in [5.74, 6) is 1.08. The number of nitrogens with two attached hydrogens (primary N) is 1. The molecule has 6 aromatic rings. The molecule has 74 heavy (non-hydrogen) atoms. The number of carbonyl (C=O) groups is 4. The van der Waals surface area contributed by atoms with Crippen LogP contribution in [0, 0.1) is 0 Å². The first-order valence-electron chi connectivity index (χ1n) is 26.1. The van der Waals surface area contributed by atoms with Crippen molar-refractivity contribution >= 4 is 69.2 Å². The van der Waals surface area contributed by atoms with E-state index in [1.165, 1.54) is 29.0 Å². The largest absolute Gasteiger partial charge is 0.444 e. The Balaban J connectivity index is 0.000000195. The second-order valence-corrected chi connectivity index (χ2v) is 23.7. The lowest BCUT2D eigenvalue weighted by molar-refractivity contribution is 0.0240. The van der Waals surface area contributed by atoms with Gasteiger partial charge in [-0.25, -0.2) is 9.59 Å². The standard InChI is InChI=1S/C35H43N3O5S.C25H27N3OS/c1-34(2,3)42-32(40)36-29-14-11-24(31-8-7-19-44-31)20-25(29)21-30(39)27-13-12-26(22-28(27)23-9-10-23)37-15-17-38(18-16-37)33(41)43-35(4,5)6;26-23-8-5-18(25-2-1-13-30-25)14-19(23)15-24(29)21-7-6-20(16-22(21)17-3-4-17)28-11-9-27-10-12-28/h7-8,11-14,19-20,22-23H,9-10,15-18,21H2,1-6H3,(H,36,40);1-2,5-8,13-14,16-17,27H,3-4,9-12,15,26H2. The van der Waals surface area contributed by atoms with Gasteiger partial charge in [0, 0.05) is 109 Å². The average molecular weight is 1040 g/mol. The third-order valence-corrected chi connectivity index (χ3v) is 15.5. The zero-order chi connectivity index (χ0) is 52.1. The molecule has 388 valence electrons. The summed E-state index contributed by atoms with van der Waals surface area (Å²) in [6, 6.07) is 32.6. The van der Waals surface area contributed by atoms with Crippen LogP contribution in [0.15, 0.2) is 108 Å². The van der Waals surface area contributed by atoms with Gasteiger partial charge in [0.15, 0.2) is 11.6 Å². The second kappa shape index (κ2) is 22.6. The maximum absolute atomic E-state index is 13.9. The number of nitrogens with zero attached hydrogens (tertiary/aromatic N) is 3. The van der Waals surface area contributed by atoms with Gasteiger partial charge in [0.1, 0.15) is 11.2 Å². The van der Waals surface area contributed by atoms with Crippen LogP contribution in [0.5, 0.6) is 0 Å². The number of ether oxygens (including phenoxy) is 2. The normalized spacial score (nSPS) is 16.0. The third-order valence-electron chi connectivity index (χ3n) is 13.7. The molecule has 0 radical (unpaired) electrons. The minimum Gasteiger partial charge on any atom is -0.444 e. The molecule has 4 fully saturated rings. The molecule has 4 heterocycles. The predicted octanol–water partition coefficient (Wildman–Crippen LogP) is 12.8. The number of Topliss-reactive ketones (excluding diaryl/α,β-unsaturated/α-hetero) is 2. The number of benzene rings is 4. The fourth-order valence-electron chi connectivity index (χ4n) is 9.63. The lowest BCUT2D eigenvalue weighted by Crippen LogP contribution is -2.50. The molecular weight excluding hydrogens is 965 g/mol. The molecule has 4 N–H and O–H groups in total. The van der Waals surface area contributed by atoms with Gasteiger partial charge in [-0.15, -0.1) is 22.7 Å². The molecule has 2 saturated carbocycles. The molecule has 2 amide bonds. The first-order chi connectivity index (χ1) is 35.4. The van der Waals surface area contributed by atoms with E-state index < -0.39 is 17.3 Å². The van der Waals surface area contributed by atoms with Crippen molar-refractivity contribution in [1.82, 2.24) is 10.2 Å². The Morgan fingerprint density at radius 3 is 1.61 bits per heavy atom. The molecular formula is C60H70N6O6S2. The van der Waals surface area contributed by atoms with Gasteiger partial charge in [0.05, 0.1) is 0 Å². The lowest BCUT2D eigenvalue weighted by Gasteiger charge is -2.37. The highest BCUT2D eigenvalue weighted by atomic mass is 32.1. The topological polar surface area (TPSA) is 147 Å². The molecule has 12 nitrogen and oxygen atoms in total. The van der Waals surface area contributed by atoms with Gasteiger partial charge >= 0.3 is 12.2 Å². The van der Waals surface area contributed by atoms with Crippen LogP contribution in [0.2, 0.25) is 0 Å². The first-order valence-corrected chi connectivity index (χ1v) is 27.8. The van der Waals surface area contributed by atoms with Crippen molar-refractivity contribution in [2.45, 2.75) is 103 Å². The van der Waals surface area contributed by atoms with Crippen molar-refractivity contribution in [2.75, 3.05) is 73.2 Å². The van der Waals surface area contributed by atoms with Crippen LogP contribution in [0.1, 0.15) is 122 Å². The fraction of sp³-hybridized carbons (Fsp3) is 0.400. The maximum Gasteiger partial charge on any atom is 0.412 e. The first kappa shape index (κ1) is 52.4. The molecule has 2 aromatic heterocycles. The monoisotopic (exact) mass is 1030 g/mol. The van der Waals surface area contributed by atoms with E-state index in [-0.39, 0.29) is 24.1 Å². The lowest BCUT2D eigenvalue weighted by atomic mass is 9.93. The van der Waals surface area contributed by atoms with E-state index >= 15 is 0 Å². The number of nitrogen functional groups attached to an aromatic ring is 1. The summed E-state index contributed by atoms with van der Waals surface area (Å²) >= 11 is 3.33. The Morgan fingerprint density at radius 1 is 0.608 bits per heavy atom. The molecule has 0 spiro atoms. The number of amides is 2. The summed E-state index contributed by atoms with van der Waals surface area (Å²) in [5, 5.41) is 10.4. The molecule has 0 bridgehead atoms. The average Bonchev–Trinajstić information content (AvgIpc) is 4.29. The Labute approximate surface area is 444 Å². The smallest absolute Gasteiger partial charge is 0.412 e. The van der Waals surface area contributed by atoms with E-state index in [1.807, 2.05) is 114 Å².